The summed E-state index contributed by atoms with van der Waals surface area (Å²) in [6.45, 7) is 4.02. The van der Waals surface area contributed by atoms with E-state index in [1.54, 1.807) is 0 Å². The molecule has 2 atom stereocenters. The molecule has 90 valence electrons. The normalized spacial score (nSPS) is 27.8. The average Bonchev–Trinajstić information content (AvgIpc) is 2.49. The van der Waals surface area contributed by atoms with Crippen LogP contribution in [0.25, 0.3) is 0 Å². The van der Waals surface area contributed by atoms with E-state index in [1.807, 2.05) is 24.3 Å². The summed E-state index contributed by atoms with van der Waals surface area (Å²) in [5, 5.41) is 3.41. The van der Waals surface area contributed by atoms with E-state index in [4.69, 9.17) is 0 Å². The number of amides is 1. The van der Waals surface area contributed by atoms with Crippen LogP contribution in [0.2, 0.25) is 0 Å². The maximum Gasteiger partial charge on any atom is 0.256 e. The van der Waals surface area contributed by atoms with Crippen LogP contribution in [0, 0.1) is 5.92 Å². The fourth-order valence-electron chi connectivity index (χ4n) is 2.88. The summed E-state index contributed by atoms with van der Waals surface area (Å²) in [7, 11) is 0. The van der Waals surface area contributed by atoms with Crippen LogP contribution in [0.4, 0.5) is 5.69 Å². The first-order chi connectivity index (χ1) is 8.25. The summed E-state index contributed by atoms with van der Waals surface area (Å²) in [4.78, 5) is 14.6. The number of carbonyl (C=O) groups excluding carboxylic acids is 1. The Hall–Kier alpha value is -1.51. The highest BCUT2D eigenvalue weighted by molar-refractivity contribution is 6.00. The molecule has 0 radical (unpaired) electrons. The van der Waals surface area contributed by atoms with Gasteiger partial charge in [0, 0.05) is 24.8 Å². The van der Waals surface area contributed by atoms with E-state index in [0.717, 1.165) is 30.8 Å². The first-order valence-corrected chi connectivity index (χ1v) is 6.39. The van der Waals surface area contributed by atoms with Crippen molar-refractivity contribution >= 4 is 11.6 Å². The second-order valence-electron chi connectivity index (χ2n) is 5.22. The van der Waals surface area contributed by atoms with E-state index in [0.29, 0.717) is 12.0 Å². The van der Waals surface area contributed by atoms with Crippen LogP contribution in [0.1, 0.15) is 30.1 Å². The van der Waals surface area contributed by atoms with Crippen LogP contribution >= 0.6 is 0 Å². The van der Waals surface area contributed by atoms with Gasteiger partial charge in [-0.05, 0) is 30.9 Å². The third kappa shape index (κ3) is 1.79. The topological polar surface area (TPSA) is 32.3 Å². The quantitative estimate of drug-likeness (QED) is 0.742. The monoisotopic (exact) mass is 230 g/mol. The predicted octanol–water partition coefficient (Wildman–Crippen LogP) is 2.35. The molecule has 1 saturated heterocycles. The van der Waals surface area contributed by atoms with Crippen LogP contribution in [0.5, 0.6) is 0 Å². The molecule has 2 aliphatic heterocycles. The lowest BCUT2D eigenvalue weighted by Crippen LogP contribution is -2.47. The van der Waals surface area contributed by atoms with Crippen molar-refractivity contribution in [1.29, 1.82) is 0 Å². The highest BCUT2D eigenvalue weighted by Gasteiger charge is 2.33. The molecule has 1 aromatic carbocycles. The van der Waals surface area contributed by atoms with E-state index in [9.17, 15) is 4.79 Å². The van der Waals surface area contributed by atoms with Crippen LogP contribution in [0.3, 0.4) is 0 Å². The van der Waals surface area contributed by atoms with Gasteiger partial charge in [0.2, 0.25) is 0 Å². The Bertz CT molecular complexity index is 444. The molecule has 2 aliphatic rings. The predicted molar refractivity (Wildman–Crippen MR) is 68.2 cm³/mol. The standard InChI is InChI=1S/C14H18N2O/c1-10-6-7-11-8-15-13-5-3-2-4-12(13)14(17)16(11)9-10/h2-5,10-11,15H,6-9H2,1H3/t10-,11+/m1/s1. The zero-order valence-corrected chi connectivity index (χ0v) is 10.1. The first kappa shape index (κ1) is 10.6. The number of nitrogens with zero attached hydrogens (tertiary/aromatic N) is 1. The van der Waals surface area contributed by atoms with Gasteiger partial charge >= 0.3 is 0 Å². The number of para-hydroxylation sites is 1. The Morgan fingerprint density at radius 3 is 3.00 bits per heavy atom. The van der Waals surface area contributed by atoms with Crippen molar-refractivity contribution in [3.8, 4) is 0 Å². The molecule has 0 aliphatic carbocycles. The summed E-state index contributed by atoms with van der Waals surface area (Å²) in [6, 6.07) is 8.20. The summed E-state index contributed by atoms with van der Waals surface area (Å²) >= 11 is 0. The molecule has 1 fully saturated rings. The zero-order chi connectivity index (χ0) is 11.8. The van der Waals surface area contributed by atoms with Crippen molar-refractivity contribution in [3.63, 3.8) is 0 Å². The summed E-state index contributed by atoms with van der Waals surface area (Å²) in [5.41, 5.74) is 1.81. The molecule has 0 aromatic heterocycles. The molecule has 1 N–H and O–H groups in total. The Morgan fingerprint density at radius 2 is 2.12 bits per heavy atom. The van der Waals surface area contributed by atoms with Crippen molar-refractivity contribution in [2.45, 2.75) is 25.8 Å². The zero-order valence-electron chi connectivity index (χ0n) is 10.1. The fraction of sp³-hybridized carbons (Fsp3) is 0.500. The number of anilines is 1. The highest BCUT2D eigenvalue weighted by atomic mass is 16.2. The van der Waals surface area contributed by atoms with E-state index in [-0.39, 0.29) is 5.91 Å². The van der Waals surface area contributed by atoms with Crippen LogP contribution in [-0.2, 0) is 0 Å². The lowest BCUT2D eigenvalue weighted by molar-refractivity contribution is 0.0575. The molecule has 0 spiro atoms. The number of rotatable bonds is 0. The minimum absolute atomic E-state index is 0.196. The van der Waals surface area contributed by atoms with Crippen LogP contribution < -0.4 is 5.32 Å². The molecular formula is C14H18N2O. The van der Waals surface area contributed by atoms with Gasteiger partial charge in [0.25, 0.3) is 5.91 Å². The number of hydrogen-bond acceptors (Lipinski definition) is 2. The summed E-state index contributed by atoms with van der Waals surface area (Å²) in [6.07, 6.45) is 2.35. The molecule has 0 bridgehead atoms. The lowest BCUT2D eigenvalue weighted by Gasteiger charge is -2.37. The Morgan fingerprint density at radius 1 is 1.29 bits per heavy atom. The van der Waals surface area contributed by atoms with Gasteiger partial charge in [-0.15, -0.1) is 0 Å². The Kier molecular flexibility index (Phi) is 2.54. The van der Waals surface area contributed by atoms with Gasteiger partial charge in [0.1, 0.15) is 0 Å². The van der Waals surface area contributed by atoms with E-state index in [2.05, 4.69) is 17.1 Å². The first-order valence-electron chi connectivity index (χ1n) is 6.39. The van der Waals surface area contributed by atoms with E-state index >= 15 is 0 Å². The summed E-state index contributed by atoms with van der Waals surface area (Å²) < 4.78 is 0. The van der Waals surface area contributed by atoms with Gasteiger partial charge in [-0.25, -0.2) is 0 Å². The third-order valence-electron chi connectivity index (χ3n) is 3.89. The van der Waals surface area contributed by atoms with Crippen molar-refractivity contribution in [1.82, 2.24) is 4.90 Å². The minimum atomic E-state index is 0.196. The lowest BCUT2D eigenvalue weighted by atomic mass is 9.94. The molecule has 0 saturated carbocycles. The van der Waals surface area contributed by atoms with E-state index in [1.165, 1.54) is 6.42 Å². The van der Waals surface area contributed by atoms with Gasteiger partial charge in [0.05, 0.1) is 5.56 Å². The van der Waals surface area contributed by atoms with Crippen molar-refractivity contribution in [2.75, 3.05) is 18.4 Å². The van der Waals surface area contributed by atoms with Crippen molar-refractivity contribution < 1.29 is 4.79 Å². The molecule has 1 amide bonds. The largest absolute Gasteiger partial charge is 0.382 e. The second kappa shape index (κ2) is 4.06. The summed E-state index contributed by atoms with van der Waals surface area (Å²) in [5.74, 6) is 0.822. The molecule has 2 heterocycles. The van der Waals surface area contributed by atoms with E-state index < -0.39 is 0 Å². The van der Waals surface area contributed by atoms with Gasteiger partial charge in [-0.2, -0.15) is 0 Å². The van der Waals surface area contributed by atoms with Gasteiger partial charge in [-0.3, -0.25) is 4.79 Å². The van der Waals surface area contributed by atoms with Crippen LogP contribution in [-0.4, -0.2) is 29.9 Å². The molecule has 3 heteroatoms. The second-order valence-corrected chi connectivity index (χ2v) is 5.22. The molecular weight excluding hydrogens is 212 g/mol. The van der Waals surface area contributed by atoms with Gasteiger partial charge in [0.15, 0.2) is 0 Å². The molecule has 3 rings (SSSR count). The molecule has 3 nitrogen and oxygen atoms in total. The van der Waals surface area contributed by atoms with Crippen LogP contribution in [0.15, 0.2) is 24.3 Å². The Labute approximate surface area is 102 Å². The minimum Gasteiger partial charge on any atom is -0.382 e. The smallest absolute Gasteiger partial charge is 0.256 e. The number of piperidine rings is 1. The number of carbonyl (C=O) groups is 1. The maximum atomic E-state index is 12.5. The van der Waals surface area contributed by atoms with Crippen molar-refractivity contribution in [3.05, 3.63) is 29.8 Å². The maximum absolute atomic E-state index is 12.5. The molecule has 17 heavy (non-hydrogen) atoms. The third-order valence-corrected chi connectivity index (χ3v) is 3.89. The molecule has 0 unspecified atom stereocenters. The number of fused-ring (bicyclic) bond motifs is 2. The number of hydrogen-bond donors (Lipinski definition) is 1. The molecule has 1 aromatic rings. The fourth-order valence-corrected chi connectivity index (χ4v) is 2.88. The number of nitrogens with one attached hydrogen (secondary N) is 1. The SMILES string of the molecule is C[C@@H]1CC[C@H]2CNc3ccccc3C(=O)N2C1. The Balaban J connectivity index is 1.97. The van der Waals surface area contributed by atoms with Gasteiger partial charge < -0.3 is 10.2 Å². The average molecular weight is 230 g/mol. The van der Waals surface area contributed by atoms with Gasteiger partial charge in [-0.1, -0.05) is 19.1 Å². The van der Waals surface area contributed by atoms with Crippen molar-refractivity contribution in [2.24, 2.45) is 5.92 Å². The highest BCUT2D eigenvalue weighted by Crippen LogP contribution is 2.28. The number of benzene rings is 1.